The number of ether oxygens (including phenoxy) is 3. The van der Waals surface area contributed by atoms with Crippen LogP contribution in [-0.2, 0) is 14.2 Å². The van der Waals surface area contributed by atoms with Crippen molar-refractivity contribution in [3.63, 3.8) is 0 Å². The minimum Gasteiger partial charge on any atom is -0.358 e. The van der Waals surface area contributed by atoms with Crippen LogP contribution >= 0.6 is 0 Å². The molecule has 0 saturated carbocycles. The molecule has 1 aliphatic heterocycles. The molecule has 1 unspecified atom stereocenters. The Morgan fingerprint density at radius 2 is 1.69 bits per heavy atom. The molecule has 16 heavy (non-hydrogen) atoms. The summed E-state index contributed by atoms with van der Waals surface area (Å²) in [6.07, 6.45) is -15.7. The van der Waals surface area contributed by atoms with E-state index >= 15 is 0 Å². The summed E-state index contributed by atoms with van der Waals surface area (Å²) in [5.74, 6) is 0. The van der Waals surface area contributed by atoms with E-state index in [0.717, 1.165) is 0 Å². The largest absolute Gasteiger partial charge is 0.423 e. The van der Waals surface area contributed by atoms with Crippen molar-refractivity contribution in [3.05, 3.63) is 0 Å². The molecule has 0 amide bonds. The van der Waals surface area contributed by atoms with E-state index in [-0.39, 0.29) is 13.4 Å². The summed E-state index contributed by atoms with van der Waals surface area (Å²) in [4.78, 5) is 0. The van der Waals surface area contributed by atoms with Gasteiger partial charge in [-0.05, 0) is 0 Å². The summed E-state index contributed by atoms with van der Waals surface area (Å²) >= 11 is 0. The second kappa shape index (κ2) is 4.76. The van der Waals surface area contributed by atoms with Crippen LogP contribution in [0.25, 0.3) is 0 Å². The fraction of sp³-hybridized carbons (Fsp3) is 1.00. The third-order valence-corrected chi connectivity index (χ3v) is 1.73. The van der Waals surface area contributed by atoms with Crippen molar-refractivity contribution in [1.82, 2.24) is 0 Å². The van der Waals surface area contributed by atoms with E-state index in [9.17, 15) is 26.3 Å². The van der Waals surface area contributed by atoms with E-state index in [2.05, 4.69) is 14.2 Å². The number of hydrogen-bond acceptors (Lipinski definition) is 3. The monoisotopic (exact) mass is 254 g/mol. The molecule has 0 aromatic carbocycles. The number of hydrogen-bond donors (Lipinski definition) is 0. The summed E-state index contributed by atoms with van der Waals surface area (Å²) in [5, 5.41) is 0. The first kappa shape index (κ1) is 13.5. The predicted molar refractivity (Wildman–Crippen MR) is 37.5 cm³/mol. The molecule has 1 rings (SSSR count). The van der Waals surface area contributed by atoms with Crippen molar-refractivity contribution in [2.24, 2.45) is 0 Å². The van der Waals surface area contributed by atoms with Crippen molar-refractivity contribution < 1.29 is 40.6 Å². The Morgan fingerprint density at radius 3 is 2.06 bits per heavy atom. The standard InChI is InChI=1S/C7H8F6O3/c8-6(9,10)5(7(11,12)13)15-2-4-1-14-3-16-4/h4-5H,1-3H2. The summed E-state index contributed by atoms with van der Waals surface area (Å²) in [6, 6.07) is 0. The van der Waals surface area contributed by atoms with Crippen molar-refractivity contribution in [3.8, 4) is 0 Å². The van der Waals surface area contributed by atoms with E-state index < -0.39 is 31.2 Å². The van der Waals surface area contributed by atoms with Crippen LogP contribution in [0, 0.1) is 0 Å². The van der Waals surface area contributed by atoms with Crippen LogP contribution in [0.4, 0.5) is 26.3 Å². The maximum Gasteiger partial charge on any atom is 0.423 e. The lowest BCUT2D eigenvalue weighted by molar-refractivity contribution is -0.324. The molecule has 0 aromatic heterocycles. The van der Waals surface area contributed by atoms with Gasteiger partial charge in [0.25, 0.3) is 0 Å². The van der Waals surface area contributed by atoms with Gasteiger partial charge in [-0.15, -0.1) is 0 Å². The molecule has 1 saturated heterocycles. The molecular weight excluding hydrogens is 246 g/mol. The molecule has 1 atom stereocenters. The van der Waals surface area contributed by atoms with Gasteiger partial charge in [0.2, 0.25) is 6.10 Å². The van der Waals surface area contributed by atoms with Crippen LogP contribution in [0.5, 0.6) is 0 Å². The maximum atomic E-state index is 12.0. The highest BCUT2D eigenvalue weighted by atomic mass is 19.4. The molecule has 3 nitrogen and oxygen atoms in total. The topological polar surface area (TPSA) is 27.7 Å². The Labute approximate surface area is 86.3 Å². The fourth-order valence-electron chi connectivity index (χ4n) is 1.05. The minimum atomic E-state index is -5.49. The molecule has 1 aliphatic rings. The van der Waals surface area contributed by atoms with Crippen LogP contribution in [0.3, 0.4) is 0 Å². The average molecular weight is 254 g/mol. The third kappa shape index (κ3) is 3.80. The minimum absolute atomic E-state index is 0.0809. The molecule has 96 valence electrons. The van der Waals surface area contributed by atoms with Crippen LogP contribution in [-0.4, -0.2) is 44.6 Å². The van der Waals surface area contributed by atoms with Gasteiger partial charge in [0.1, 0.15) is 12.9 Å². The SMILES string of the molecule is FC(F)(F)C(OCC1COCO1)C(F)(F)F. The van der Waals surface area contributed by atoms with Crippen molar-refractivity contribution in [2.45, 2.75) is 24.6 Å². The van der Waals surface area contributed by atoms with Gasteiger partial charge in [0.05, 0.1) is 13.2 Å². The van der Waals surface area contributed by atoms with Gasteiger partial charge >= 0.3 is 12.4 Å². The lowest BCUT2D eigenvalue weighted by Gasteiger charge is -2.23. The van der Waals surface area contributed by atoms with Crippen molar-refractivity contribution >= 4 is 0 Å². The van der Waals surface area contributed by atoms with E-state index in [4.69, 9.17) is 0 Å². The van der Waals surface area contributed by atoms with Crippen LogP contribution in [0.15, 0.2) is 0 Å². The zero-order chi connectivity index (χ0) is 12.4. The number of rotatable bonds is 3. The van der Waals surface area contributed by atoms with Gasteiger partial charge in [0.15, 0.2) is 0 Å². The average Bonchev–Trinajstić information content (AvgIpc) is 2.51. The first-order valence-electron chi connectivity index (χ1n) is 4.15. The first-order valence-corrected chi connectivity index (χ1v) is 4.15. The molecule has 0 aromatic rings. The van der Waals surface area contributed by atoms with E-state index in [1.807, 2.05) is 0 Å². The molecule has 1 heterocycles. The summed E-state index contributed by atoms with van der Waals surface area (Å²) in [6.45, 7) is -1.05. The number of halogens is 6. The molecule has 0 bridgehead atoms. The van der Waals surface area contributed by atoms with Gasteiger partial charge < -0.3 is 14.2 Å². The quantitative estimate of drug-likeness (QED) is 0.719. The highest BCUT2D eigenvalue weighted by Gasteiger charge is 2.58. The molecule has 0 spiro atoms. The molecule has 9 heteroatoms. The van der Waals surface area contributed by atoms with Crippen LogP contribution < -0.4 is 0 Å². The van der Waals surface area contributed by atoms with Crippen LogP contribution in [0.2, 0.25) is 0 Å². The molecule has 0 N–H and O–H groups in total. The van der Waals surface area contributed by atoms with Crippen molar-refractivity contribution in [2.75, 3.05) is 20.0 Å². The first-order chi connectivity index (χ1) is 7.21. The normalized spacial score (nSPS) is 23.1. The second-order valence-corrected chi connectivity index (χ2v) is 3.07. The zero-order valence-electron chi connectivity index (χ0n) is 7.77. The van der Waals surface area contributed by atoms with Gasteiger partial charge in [0, 0.05) is 0 Å². The highest BCUT2D eigenvalue weighted by molar-refractivity contribution is 4.76. The Balaban J connectivity index is 2.51. The molecule has 1 fully saturated rings. The van der Waals surface area contributed by atoms with Crippen molar-refractivity contribution in [1.29, 1.82) is 0 Å². The number of alkyl halides is 6. The van der Waals surface area contributed by atoms with E-state index in [1.165, 1.54) is 0 Å². The maximum absolute atomic E-state index is 12.0. The van der Waals surface area contributed by atoms with Gasteiger partial charge in [-0.1, -0.05) is 0 Å². The Bertz CT molecular complexity index is 205. The summed E-state index contributed by atoms with van der Waals surface area (Å²) < 4.78 is 84.9. The Kier molecular flexibility index (Phi) is 4.02. The molecule has 0 radical (unpaired) electrons. The van der Waals surface area contributed by atoms with E-state index in [1.54, 1.807) is 0 Å². The molecule has 0 aliphatic carbocycles. The summed E-state index contributed by atoms with van der Waals surface area (Å²) in [7, 11) is 0. The third-order valence-electron chi connectivity index (χ3n) is 1.73. The predicted octanol–water partition coefficient (Wildman–Crippen LogP) is 1.87. The zero-order valence-corrected chi connectivity index (χ0v) is 7.77. The Morgan fingerprint density at radius 1 is 1.12 bits per heavy atom. The van der Waals surface area contributed by atoms with Gasteiger partial charge in [-0.25, -0.2) is 0 Å². The fourth-order valence-corrected chi connectivity index (χ4v) is 1.05. The van der Waals surface area contributed by atoms with Gasteiger partial charge in [-0.2, -0.15) is 26.3 Å². The lowest BCUT2D eigenvalue weighted by atomic mass is 10.3. The Hall–Kier alpha value is -0.540. The second-order valence-electron chi connectivity index (χ2n) is 3.07. The smallest absolute Gasteiger partial charge is 0.358 e. The summed E-state index contributed by atoms with van der Waals surface area (Å²) in [5.41, 5.74) is 0. The van der Waals surface area contributed by atoms with E-state index in [0.29, 0.717) is 0 Å². The lowest BCUT2D eigenvalue weighted by Crippen LogP contribution is -2.45. The highest BCUT2D eigenvalue weighted by Crippen LogP contribution is 2.35. The van der Waals surface area contributed by atoms with Gasteiger partial charge in [-0.3, -0.25) is 0 Å². The van der Waals surface area contributed by atoms with Crippen LogP contribution in [0.1, 0.15) is 0 Å². The molecular formula is C7H8F6O3.